The van der Waals surface area contributed by atoms with E-state index in [2.05, 4.69) is 18.0 Å². The quantitative estimate of drug-likeness (QED) is 0.785. The van der Waals surface area contributed by atoms with E-state index in [1.165, 1.54) is 11.6 Å². The zero-order valence-electron chi connectivity index (χ0n) is 10.7. The molecule has 18 heavy (non-hydrogen) atoms. The van der Waals surface area contributed by atoms with Crippen LogP contribution in [0.25, 0.3) is 6.08 Å². The van der Waals surface area contributed by atoms with Gasteiger partial charge >= 0.3 is 0 Å². The number of allylic oxidation sites excluding steroid dienone is 1. The van der Waals surface area contributed by atoms with Gasteiger partial charge in [0.2, 0.25) is 0 Å². The molecule has 1 heterocycles. The Bertz CT molecular complexity index is 573. The maximum atomic E-state index is 13.1. The molecular weight excluding hydrogens is 225 g/mol. The topological polar surface area (TPSA) is 12.9 Å². The summed E-state index contributed by atoms with van der Waals surface area (Å²) >= 11 is 0. The first-order chi connectivity index (χ1) is 8.63. The number of hydrogen-bond acceptors (Lipinski definition) is 1. The van der Waals surface area contributed by atoms with Crippen molar-refractivity contribution in [3.63, 3.8) is 0 Å². The molecule has 0 fully saturated rings. The number of hydrogen-bond donors (Lipinski definition) is 0. The molecule has 0 amide bonds. The van der Waals surface area contributed by atoms with Gasteiger partial charge in [0, 0.05) is 11.9 Å². The highest BCUT2D eigenvalue weighted by molar-refractivity contribution is 5.53. The molecule has 92 valence electrons. The normalized spacial score (nSPS) is 11.6. The number of benzene rings is 1. The van der Waals surface area contributed by atoms with E-state index >= 15 is 0 Å². The fourth-order valence-electron chi connectivity index (χ4n) is 1.96. The highest BCUT2D eigenvalue weighted by Crippen LogP contribution is 2.13. The van der Waals surface area contributed by atoms with Crippen molar-refractivity contribution in [3.8, 4) is 0 Å². The number of pyridine rings is 1. The lowest BCUT2D eigenvalue weighted by Crippen LogP contribution is -1.89. The Kier molecular flexibility index (Phi) is 3.88. The van der Waals surface area contributed by atoms with Crippen LogP contribution in [-0.2, 0) is 6.42 Å². The van der Waals surface area contributed by atoms with Crippen LogP contribution in [0.1, 0.15) is 23.7 Å². The van der Waals surface area contributed by atoms with E-state index in [4.69, 9.17) is 0 Å². The van der Waals surface area contributed by atoms with Crippen molar-refractivity contribution in [2.24, 2.45) is 0 Å². The summed E-state index contributed by atoms with van der Waals surface area (Å²) in [5, 5.41) is 0. The molecule has 1 aromatic heterocycles. The van der Waals surface area contributed by atoms with Crippen molar-refractivity contribution < 1.29 is 4.39 Å². The van der Waals surface area contributed by atoms with Gasteiger partial charge in [-0.2, -0.15) is 0 Å². The zero-order chi connectivity index (χ0) is 13.0. The summed E-state index contributed by atoms with van der Waals surface area (Å²) in [6, 6.07) is 10.7. The van der Waals surface area contributed by atoms with Gasteiger partial charge in [0.15, 0.2) is 0 Å². The molecule has 2 rings (SSSR count). The van der Waals surface area contributed by atoms with Crippen molar-refractivity contribution in [2.75, 3.05) is 0 Å². The molecule has 2 aromatic rings. The molecule has 0 aliphatic heterocycles. The van der Waals surface area contributed by atoms with Crippen LogP contribution >= 0.6 is 0 Å². The average molecular weight is 241 g/mol. The van der Waals surface area contributed by atoms with Gasteiger partial charge in [0.05, 0.1) is 0 Å². The second kappa shape index (κ2) is 5.58. The lowest BCUT2D eigenvalue weighted by molar-refractivity contribution is 0.626. The van der Waals surface area contributed by atoms with Crippen LogP contribution in [0.15, 0.2) is 48.2 Å². The van der Waals surface area contributed by atoms with Crippen LogP contribution in [0.3, 0.4) is 0 Å². The molecule has 0 atom stereocenters. The SMILES string of the molecule is C/C(=C/c1ccnc(C)c1)Cc1cccc(F)c1. The molecule has 0 aliphatic rings. The maximum Gasteiger partial charge on any atom is 0.123 e. The second-order valence-electron chi connectivity index (χ2n) is 4.53. The maximum absolute atomic E-state index is 13.1. The number of halogens is 1. The van der Waals surface area contributed by atoms with E-state index in [9.17, 15) is 4.39 Å². The van der Waals surface area contributed by atoms with E-state index < -0.39 is 0 Å². The number of aromatic nitrogens is 1. The fourth-order valence-corrected chi connectivity index (χ4v) is 1.96. The van der Waals surface area contributed by atoms with E-state index in [0.29, 0.717) is 0 Å². The highest BCUT2D eigenvalue weighted by Gasteiger charge is 1.98. The van der Waals surface area contributed by atoms with Gasteiger partial charge in [-0.15, -0.1) is 0 Å². The summed E-state index contributed by atoms with van der Waals surface area (Å²) in [5.74, 6) is -0.181. The molecule has 0 radical (unpaired) electrons. The Morgan fingerprint density at radius 2 is 2.11 bits per heavy atom. The van der Waals surface area contributed by atoms with Crippen LogP contribution in [0.2, 0.25) is 0 Å². The second-order valence-corrected chi connectivity index (χ2v) is 4.53. The first-order valence-corrected chi connectivity index (χ1v) is 5.98. The van der Waals surface area contributed by atoms with E-state index in [-0.39, 0.29) is 5.82 Å². The number of nitrogens with zero attached hydrogens (tertiary/aromatic N) is 1. The zero-order valence-corrected chi connectivity index (χ0v) is 10.7. The average Bonchev–Trinajstić information content (AvgIpc) is 2.28. The Hall–Kier alpha value is -1.96. The molecule has 0 saturated carbocycles. The van der Waals surface area contributed by atoms with E-state index in [0.717, 1.165) is 23.2 Å². The molecule has 0 N–H and O–H groups in total. The highest BCUT2D eigenvalue weighted by atomic mass is 19.1. The van der Waals surface area contributed by atoms with Gasteiger partial charge in [-0.25, -0.2) is 4.39 Å². The van der Waals surface area contributed by atoms with Gasteiger partial charge in [-0.05, 0) is 55.7 Å². The summed E-state index contributed by atoms with van der Waals surface area (Å²) in [4.78, 5) is 4.16. The van der Waals surface area contributed by atoms with Crippen molar-refractivity contribution in [1.29, 1.82) is 0 Å². The third-order valence-electron chi connectivity index (χ3n) is 2.71. The minimum Gasteiger partial charge on any atom is -0.262 e. The summed E-state index contributed by atoms with van der Waals surface area (Å²) in [5.41, 5.74) is 4.33. The monoisotopic (exact) mass is 241 g/mol. The fraction of sp³-hybridized carbons (Fsp3) is 0.188. The molecule has 2 heteroatoms. The van der Waals surface area contributed by atoms with Crippen molar-refractivity contribution in [1.82, 2.24) is 4.98 Å². The van der Waals surface area contributed by atoms with Gasteiger partial charge in [-0.3, -0.25) is 4.98 Å². The largest absolute Gasteiger partial charge is 0.262 e. The van der Waals surface area contributed by atoms with Crippen LogP contribution < -0.4 is 0 Å². The molecule has 1 nitrogen and oxygen atoms in total. The summed E-state index contributed by atoms with van der Waals surface area (Å²) in [6.07, 6.45) is 4.68. The summed E-state index contributed by atoms with van der Waals surface area (Å²) in [6.45, 7) is 4.03. The third kappa shape index (κ3) is 3.52. The Morgan fingerprint density at radius 3 is 2.83 bits per heavy atom. The number of rotatable bonds is 3. The Morgan fingerprint density at radius 1 is 1.28 bits per heavy atom. The minimum atomic E-state index is -0.181. The van der Waals surface area contributed by atoms with Crippen LogP contribution in [-0.4, -0.2) is 4.98 Å². The van der Waals surface area contributed by atoms with Crippen molar-refractivity contribution in [2.45, 2.75) is 20.3 Å². The van der Waals surface area contributed by atoms with Gasteiger partial charge < -0.3 is 0 Å². The van der Waals surface area contributed by atoms with Gasteiger partial charge in [0.1, 0.15) is 5.82 Å². The van der Waals surface area contributed by atoms with Gasteiger partial charge in [0.25, 0.3) is 0 Å². The molecule has 0 saturated heterocycles. The summed E-state index contributed by atoms with van der Waals surface area (Å²) in [7, 11) is 0. The Balaban J connectivity index is 2.14. The predicted octanol–water partition coefficient (Wildman–Crippen LogP) is 4.18. The molecule has 0 bridgehead atoms. The Labute approximate surface area is 107 Å². The van der Waals surface area contributed by atoms with Crippen LogP contribution in [0.4, 0.5) is 4.39 Å². The molecule has 1 aromatic carbocycles. The van der Waals surface area contributed by atoms with Crippen LogP contribution in [0.5, 0.6) is 0 Å². The van der Waals surface area contributed by atoms with Crippen molar-refractivity contribution in [3.05, 3.63) is 70.8 Å². The minimum absolute atomic E-state index is 0.181. The van der Waals surface area contributed by atoms with Crippen LogP contribution in [0, 0.1) is 12.7 Å². The van der Waals surface area contributed by atoms with Crippen molar-refractivity contribution >= 4 is 6.08 Å². The summed E-state index contributed by atoms with van der Waals surface area (Å²) < 4.78 is 13.1. The lowest BCUT2D eigenvalue weighted by atomic mass is 10.0. The first kappa shape index (κ1) is 12.5. The molecular formula is C16H16FN. The standard InChI is InChI=1S/C16H16FN/c1-12(8-14-4-3-5-16(17)11-14)9-15-6-7-18-13(2)10-15/h3-7,9-11H,8H2,1-2H3/b12-9-. The predicted molar refractivity (Wildman–Crippen MR) is 72.7 cm³/mol. The lowest BCUT2D eigenvalue weighted by Gasteiger charge is -2.03. The molecule has 0 unspecified atom stereocenters. The smallest absolute Gasteiger partial charge is 0.123 e. The third-order valence-corrected chi connectivity index (χ3v) is 2.71. The van der Waals surface area contributed by atoms with E-state index in [1.54, 1.807) is 18.3 Å². The van der Waals surface area contributed by atoms with E-state index in [1.807, 2.05) is 25.1 Å². The molecule has 0 spiro atoms. The molecule has 0 aliphatic carbocycles. The first-order valence-electron chi connectivity index (χ1n) is 5.98. The number of aryl methyl sites for hydroxylation is 1. The van der Waals surface area contributed by atoms with Gasteiger partial charge in [-0.1, -0.05) is 23.8 Å².